The van der Waals surface area contributed by atoms with E-state index < -0.39 is 17.5 Å². The molecule has 4 rings (SSSR count). The first kappa shape index (κ1) is 31.8. The summed E-state index contributed by atoms with van der Waals surface area (Å²) in [5.74, 6) is -0.823. The van der Waals surface area contributed by atoms with Gasteiger partial charge in [0.15, 0.2) is 0 Å². The molecule has 0 atom stereocenters. The lowest BCUT2D eigenvalue weighted by atomic mass is 9.83. The molecule has 1 aromatic heterocycles. The van der Waals surface area contributed by atoms with Crippen LogP contribution in [0.1, 0.15) is 64.2 Å². The first-order valence-electron chi connectivity index (χ1n) is 14.2. The second kappa shape index (κ2) is 13.9. The Morgan fingerprint density at radius 2 is 1.44 bits per heavy atom. The van der Waals surface area contributed by atoms with Crippen molar-refractivity contribution in [3.63, 3.8) is 0 Å². The molecule has 43 heavy (non-hydrogen) atoms. The summed E-state index contributed by atoms with van der Waals surface area (Å²) in [5, 5.41) is 6.24. The molecule has 2 aromatic rings. The van der Waals surface area contributed by atoms with Crippen LogP contribution in [-0.4, -0.2) is 94.6 Å². The topological polar surface area (TPSA) is 164 Å². The van der Waals surface area contributed by atoms with Crippen molar-refractivity contribution < 1.29 is 23.9 Å². The number of aromatic nitrogens is 2. The van der Waals surface area contributed by atoms with Gasteiger partial charge in [-0.3, -0.25) is 15.0 Å². The second-order valence-corrected chi connectivity index (χ2v) is 11.1. The van der Waals surface area contributed by atoms with E-state index in [1.807, 2.05) is 24.8 Å². The number of hydrogen-bond donors (Lipinski definition) is 3. The summed E-state index contributed by atoms with van der Waals surface area (Å²) in [5.41, 5.74) is 7.47. The molecular formula is C29H38N8O5S. The van der Waals surface area contributed by atoms with Crippen LogP contribution in [0.5, 0.6) is 0 Å². The predicted molar refractivity (Wildman–Crippen MR) is 166 cm³/mol. The summed E-state index contributed by atoms with van der Waals surface area (Å²) in [4.78, 5) is 55.2. The quantitative estimate of drug-likeness (QED) is 0.190. The van der Waals surface area contributed by atoms with Gasteiger partial charge in [-0.05, 0) is 89.1 Å². The highest BCUT2D eigenvalue weighted by atomic mass is 32.1. The van der Waals surface area contributed by atoms with Crippen LogP contribution >= 0.6 is 12.2 Å². The standard InChI is InChI=1S/C29H38N8O5S/c1-18-14-19(2)32-26(31-18)34-27(36-12-8-29(9-13-36,25(30)40)37-10-6-5-7-11-37)35-28(43)33-22-16-20(23(38)41-3)15-21(17-22)24(39)42-4/h14-17H,5-13H2,1-4H3,(H2,30,40)(H2,31,32,33,34,35,43). The van der Waals surface area contributed by atoms with Gasteiger partial charge in [0.1, 0.15) is 5.54 Å². The number of benzene rings is 1. The zero-order chi connectivity index (χ0) is 31.1. The lowest BCUT2D eigenvalue weighted by molar-refractivity contribution is -0.134. The molecule has 3 heterocycles. The number of hydrogen-bond acceptors (Lipinski definition) is 9. The number of piperidine rings is 2. The van der Waals surface area contributed by atoms with E-state index in [-0.39, 0.29) is 22.1 Å². The minimum Gasteiger partial charge on any atom is -0.465 e. The molecule has 4 N–H and O–H groups in total. The van der Waals surface area contributed by atoms with Gasteiger partial charge in [-0.1, -0.05) is 6.42 Å². The van der Waals surface area contributed by atoms with Crippen LogP contribution in [0.2, 0.25) is 0 Å². The summed E-state index contributed by atoms with van der Waals surface area (Å²) < 4.78 is 9.65. The number of nitrogens with zero attached hydrogens (tertiary/aromatic N) is 5. The monoisotopic (exact) mass is 610 g/mol. The zero-order valence-corrected chi connectivity index (χ0v) is 25.8. The number of esters is 2. The molecule has 13 nitrogen and oxygen atoms in total. The molecule has 0 spiro atoms. The summed E-state index contributed by atoms with van der Waals surface area (Å²) in [6.07, 6.45) is 4.31. The second-order valence-electron chi connectivity index (χ2n) is 10.7. The number of likely N-dealkylation sites (tertiary alicyclic amines) is 2. The number of rotatable bonds is 6. The number of carbonyl (C=O) groups excluding carboxylic acids is 3. The molecule has 14 heteroatoms. The summed E-state index contributed by atoms with van der Waals surface area (Å²) in [7, 11) is 2.50. The maximum Gasteiger partial charge on any atom is 0.337 e. The number of amides is 1. The average molecular weight is 611 g/mol. The number of ether oxygens (including phenoxy) is 2. The summed E-state index contributed by atoms with van der Waals surface area (Å²) in [6.45, 7) is 6.43. The van der Waals surface area contributed by atoms with Crippen molar-refractivity contribution in [2.24, 2.45) is 10.7 Å². The first-order chi connectivity index (χ1) is 20.5. The van der Waals surface area contributed by atoms with Crippen LogP contribution in [0.3, 0.4) is 0 Å². The van der Waals surface area contributed by atoms with E-state index in [9.17, 15) is 14.4 Å². The first-order valence-corrected chi connectivity index (χ1v) is 14.6. The highest BCUT2D eigenvalue weighted by Gasteiger charge is 2.45. The molecule has 2 saturated heterocycles. The van der Waals surface area contributed by atoms with E-state index >= 15 is 0 Å². The Kier molecular flexibility index (Phi) is 10.2. The fraction of sp³-hybridized carbons (Fsp3) is 0.483. The number of thiocarbonyl (C=S) groups is 1. The van der Waals surface area contributed by atoms with Gasteiger partial charge in [0.2, 0.25) is 22.9 Å². The number of aliphatic imine (C=N–C) groups is 1. The van der Waals surface area contributed by atoms with E-state index in [1.165, 1.54) is 32.4 Å². The van der Waals surface area contributed by atoms with E-state index in [4.69, 9.17) is 27.4 Å². The van der Waals surface area contributed by atoms with Crippen molar-refractivity contribution in [1.29, 1.82) is 0 Å². The molecule has 0 aliphatic carbocycles. The van der Waals surface area contributed by atoms with Crippen molar-refractivity contribution in [3.05, 3.63) is 46.8 Å². The van der Waals surface area contributed by atoms with Crippen LogP contribution in [-0.2, 0) is 14.3 Å². The Morgan fingerprint density at radius 1 is 0.884 bits per heavy atom. The van der Waals surface area contributed by atoms with Crippen LogP contribution in [0.4, 0.5) is 11.6 Å². The van der Waals surface area contributed by atoms with Crippen LogP contribution < -0.4 is 16.4 Å². The third kappa shape index (κ3) is 7.62. The van der Waals surface area contributed by atoms with Crippen LogP contribution in [0, 0.1) is 13.8 Å². The highest BCUT2D eigenvalue weighted by Crippen LogP contribution is 2.32. The Hall–Kier alpha value is -4.17. The van der Waals surface area contributed by atoms with Gasteiger partial charge >= 0.3 is 11.9 Å². The molecule has 0 saturated carbocycles. The largest absolute Gasteiger partial charge is 0.465 e. The van der Waals surface area contributed by atoms with Crippen molar-refractivity contribution in [2.45, 2.75) is 51.5 Å². The Bertz CT molecular complexity index is 1360. The highest BCUT2D eigenvalue weighted by molar-refractivity contribution is 7.80. The van der Waals surface area contributed by atoms with Crippen molar-refractivity contribution in [2.75, 3.05) is 51.0 Å². The maximum atomic E-state index is 12.8. The number of guanidine groups is 1. The number of primary amides is 1. The number of carbonyl (C=O) groups is 3. The van der Waals surface area contributed by atoms with E-state index in [0.29, 0.717) is 43.5 Å². The van der Waals surface area contributed by atoms with Gasteiger partial charge < -0.3 is 25.4 Å². The van der Waals surface area contributed by atoms with E-state index in [0.717, 1.165) is 43.7 Å². The minimum atomic E-state index is -0.712. The van der Waals surface area contributed by atoms with Gasteiger partial charge in [-0.15, -0.1) is 0 Å². The fourth-order valence-corrected chi connectivity index (χ4v) is 5.81. The number of nitrogens with one attached hydrogen (secondary N) is 2. The Morgan fingerprint density at radius 3 is 1.95 bits per heavy atom. The molecule has 0 bridgehead atoms. The zero-order valence-electron chi connectivity index (χ0n) is 24.9. The lowest BCUT2D eigenvalue weighted by Gasteiger charge is -2.48. The molecule has 2 aliphatic heterocycles. The number of nitrogens with two attached hydrogens (primary N) is 1. The molecule has 230 valence electrons. The van der Waals surface area contributed by atoms with Gasteiger partial charge in [0, 0.05) is 30.2 Å². The summed E-state index contributed by atoms with van der Waals surface area (Å²) >= 11 is 5.59. The number of methoxy groups -OCH3 is 2. The van der Waals surface area contributed by atoms with Crippen molar-refractivity contribution in [3.8, 4) is 0 Å². The number of aryl methyl sites for hydroxylation is 2. The SMILES string of the molecule is COC(=O)c1cc(NC(=S)/N=C(/Nc2nc(C)cc(C)n2)N2CCC(C(N)=O)(N3CCCCC3)CC2)cc(C(=O)OC)c1. The maximum absolute atomic E-state index is 12.8. The van der Waals surface area contributed by atoms with Crippen molar-refractivity contribution in [1.82, 2.24) is 19.8 Å². The molecule has 2 aliphatic rings. The van der Waals surface area contributed by atoms with Gasteiger partial charge in [0.25, 0.3) is 0 Å². The molecule has 1 aromatic carbocycles. The Labute approximate surface area is 256 Å². The van der Waals surface area contributed by atoms with Gasteiger partial charge in [0.05, 0.1) is 25.3 Å². The van der Waals surface area contributed by atoms with E-state index in [1.54, 1.807) is 0 Å². The third-order valence-electron chi connectivity index (χ3n) is 7.75. The molecule has 2 fully saturated rings. The van der Waals surface area contributed by atoms with Crippen molar-refractivity contribution >= 4 is 52.8 Å². The molecule has 1 amide bonds. The lowest BCUT2D eigenvalue weighted by Crippen LogP contribution is -2.64. The third-order valence-corrected chi connectivity index (χ3v) is 7.94. The molecule has 0 unspecified atom stereocenters. The minimum absolute atomic E-state index is 0.0486. The molecule has 0 radical (unpaired) electrons. The van der Waals surface area contributed by atoms with E-state index in [2.05, 4.69) is 30.5 Å². The van der Waals surface area contributed by atoms with Crippen LogP contribution in [0.25, 0.3) is 0 Å². The smallest absolute Gasteiger partial charge is 0.337 e. The Balaban J connectivity index is 1.62. The predicted octanol–water partition coefficient (Wildman–Crippen LogP) is 2.64. The molecular weight excluding hydrogens is 572 g/mol. The normalized spacial score (nSPS) is 17.1. The summed E-state index contributed by atoms with van der Waals surface area (Å²) in [6, 6.07) is 6.24. The van der Waals surface area contributed by atoms with Gasteiger partial charge in [-0.2, -0.15) is 4.99 Å². The number of anilines is 2. The average Bonchev–Trinajstić information content (AvgIpc) is 2.99. The van der Waals surface area contributed by atoms with Crippen LogP contribution in [0.15, 0.2) is 29.3 Å². The van der Waals surface area contributed by atoms with Gasteiger partial charge in [-0.25, -0.2) is 19.6 Å². The fourth-order valence-electron chi connectivity index (χ4n) is 5.61.